The summed E-state index contributed by atoms with van der Waals surface area (Å²) in [6, 6.07) is 0. The van der Waals surface area contributed by atoms with Gasteiger partial charge < -0.3 is 0 Å². The van der Waals surface area contributed by atoms with Crippen molar-refractivity contribution < 1.29 is 17.4 Å². The second kappa shape index (κ2) is 3.62. The molecule has 1 atom stereocenters. The molecule has 0 aromatic carbocycles. The number of rotatable bonds is 3. The predicted molar refractivity (Wildman–Crippen MR) is 28.8 cm³/mol. The number of carboxylic acids is 1. The van der Waals surface area contributed by atoms with E-state index in [-0.39, 0.29) is 6.42 Å². The Hall–Kier alpha value is -0.372. The zero-order valence-corrected chi connectivity index (χ0v) is 6.78. The predicted octanol–water partition coefficient (Wildman–Crippen LogP) is 0.200. The molecule has 0 rings (SSSR count). The molecule has 0 saturated carbocycles. The Labute approximate surface area is 56.6 Å². The second-order valence-corrected chi connectivity index (χ2v) is 4.05. The van der Waals surface area contributed by atoms with Crippen molar-refractivity contribution in [2.75, 3.05) is 0 Å². The average Bonchev–Trinajstić information content (AvgIpc) is 1.64. The number of carboxylic acid groups (broad SMARTS) is 1. The van der Waals surface area contributed by atoms with Crippen molar-refractivity contribution in [3.63, 3.8) is 0 Å². The van der Waals surface area contributed by atoms with Crippen LogP contribution in [0.1, 0.15) is 13.3 Å². The van der Waals surface area contributed by atoms with Gasteiger partial charge in [0.25, 0.3) is 0 Å². The molecule has 0 amide bonds. The van der Waals surface area contributed by atoms with E-state index >= 15 is 0 Å². The topological polar surface area (TPSA) is 71.4 Å². The van der Waals surface area contributed by atoms with Crippen LogP contribution in [0, 0.1) is 0 Å². The maximum atomic E-state index is 10.1. The first kappa shape index (κ1) is 8.63. The Balaban J connectivity index is 4.16. The molecule has 0 heterocycles. The third kappa shape index (κ3) is 2.61. The number of hydrogen-bond acceptors (Lipinski definition) is 3. The van der Waals surface area contributed by atoms with E-state index in [0.29, 0.717) is 0 Å². The molecule has 0 saturated heterocycles. The van der Waals surface area contributed by atoms with Gasteiger partial charge in [0, 0.05) is 0 Å². The Morgan fingerprint density at radius 1 is 1.67 bits per heavy atom. The van der Waals surface area contributed by atoms with Crippen molar-refractivity contribution in [1.82, 2.24) is 0 Å². The average molecular weight is 194 g/mol. The van der Waals surface area contributed by atoms with Crippen LogP contribution in [0.3, 0.4) is 0 Å². The van der Waals surface area contributed by atoms with Crippen molar-refractivity contribution in [3.05, 3.63) is 0 Å². The summed E-state index contributed by atoms with van der Waals surface area (Å²) in [6.07, 6.45) is 0.169. The minimum absolute atomic E-state index is 0.169. The zero-order valence-electron chi connectivity index (χ0n) is 4.90. The van der Waals surface area contributed by atoms with Crippen molar-refractivity contribution in [1.29, 1.82) is 0 Å². The van der Waals surface area contributed by atoms with E-state index < -0.39 is 25.2 Å². The summed E-state index contributed by atoms with van der Waals surface area (Å²) in [5, 5.41) is 8.18. The van der Waals surface area contributed by atoms with E-state index in [4.69, 9.17) is 5.11 Å². The van der Waals surface area contributed by atoms with Crippen LogP contribution in [0.15, 0.2) is 0 Å². The summed E-state index contributed by atoms with van der Waals surface area (Å²) < 4.78 is 19.1. The molecule has 0 fully saturated rings. The molecule has 0 aliphatic heterocycles. The van der Waals surface area contributed by atoms with Crippen LogP contribution in [0.4, 0.5) is 0 Å². The van der Waals surface area contributed by atoms with Crippen molar-refractivity contribution >= 4 is 20.5 Å². The summed E-state index contributed by atoms with van der Waals surface area (Å²) >= 11 is -3.50. The van der Waals surface area contributed by atoms with Gasteiger partial charge in [-0.2, -0.15) is 0 Å². The van der Waals surface area contributed by atoms with Gasteiger partial charge in [-0.05, 0) is 0 Å². The maximum absolute atomic E-state index is 10.1. The first-order valence-electron chi connectivity index (χ1n) is 2.46. The SMILES string of the molecule is CCC(C(=O)O)[As](=O)=O. The Morgan fingerprint density at radius 2 is 2.11 bits per heavy atom. The second-order valence-electron chi connectivity index (χ2n) is 1.55. The standard InChI is InChI=1S/C4H7AsO4/c1-2-3(4(6)7)5(8)9/h3H,2H2,1H3,(H,6,7). The molecule has 0 spiro atoms. The molecule has 9 heavy (non-hydrogen) atoms. The van der Waals surface area contributed by atoms with Gasteiger partial charge in [-0.1, -0.05) is 0 Å². The van der Waals surface area contributed by atoms with Gasteiger partial charge in [0.05, 0.1) is 0 Å². The number of carbonyl (C=O) groups is 1. The third-order valence-electron chi connectivity index (χ3n) is 0.926. The molecule has 4 nitrogen and oxygen atoms in total. The van der Waals surface area contributed by atoms with Crippen LogP contribution in [0.5, 0.6) is 0 Å². The van der Waals surface area contributed by atoms with Crippen molar-refractivity contribution in [2.45, 2.75) is 18.1 Å². The van der Waals surface area contributed by atoms with E-state index in [1.54, 1.807) is 0 Å². The summed E-state index contributed by atoms with van der Waals surface area (Å²) in [5.74, 6) is -1.23. The summed E-state index contributed by atoms with van der Waals surface area (Å²) in [7, 11) is 0. The zero-order chi connectivity index (χ0) is 7.44. The monoisotopic (exact) mass is 194 g/mol. The quantitative estimate of drug-likeness (QED) is 0.651. The van der Waals surface area contributed by atoms with E-state index in [2.05, 4.69) is 0 Å². The minimum atomic E-state index is -3.50. The van der Waals surface area contributed by atoms with E-state index in [0.717, 1.165) is 0 Å². The molecule has 1 unspecified atom stereocenters. The fourth-order valence-electron chi connectivity index (χ4n) is 0.414. The summed E-state index contributed by atoms with van der Waals surface area (Å²) in [6.45, 7) is 1.54. The van der Waals surface area contributed by atoms with Crippen molar-refractivity contribution in [3.8, 4) is 0 Å². The van der Waals surface area contributed by atoms with Gasteiger partial charge >= 0.3 is 55.9 Å². The summed E-state index contributed by atoms with van der Waals surface area (Å²) in [5.41, 5.74) is 0. The van der Waals surface area contributed by atoms with Crippen LogP contribution in [0.25, 0.3) is 0 Å². The molecule has 0 aliphatic rings. The Bertz CT molecular complexity index is 163. The van der Waals surface area contributed by atoms with Gasteiger partial charge in [0.2, 0.25) is 0 Å². The molecule has 0 bridgehead atoms. The molecule has 0 aliphatic carbocycles. The van der Waals surface area contributed by atoms with Crippen LogP contribution < -0.4 is 0 Å². The molecule has 0 aromatic heterocycles. The van der Waals surface area contributed by atoms with Crippen LogP contribution in [0.2, 0.25) is 4.71 Å². The number of aliphatic carboxylic acids is 1. The molecule has 1 N–H and O–H groups in total. The van der Waals surface area contributed by atoms with Gasteiger partial charge in [-0.25, -0.2) is 0 Å². The van der Waals surface area contributed by atoms with E-state index in [9.17, 15) is 12.3 Å². The van der Waals surface area contributed by atoms with Gasteiger partial charge in [-0.3, -0.25) is 0 Å². The Kier molecular flexibility index (Phi) is 3.47. The van der Waals surface area contributed by atoms with Crippen LogP contribution >= 0.6 is 0 Å². The molecule has 0 aromatic rings. The summed E-state index contributed by atoms with van der Waals surface area (Å²) in [4.78, 5) is 10.0. The molecule has 0 radical (unpaired) electrons. The molecule has 5 heteroatoms. The van der Waals surface area contributed by atoms with Gasteiger partial charge in [-0.15, -0.1) is 0 Å². The Morgan fingerprint density at radius 3 is 2.11 bits per heavy atom. The van der Waals surface area contributed by atoms with Gasteiger partial charge in [0.15, 0.2) is 0 Å². The number of hydrogen-bond donors (Lipinski definition) is 1. The van der Waals surface area contributed by atoms with E-state index in [1.807, 2.05) is 0 Å². The first-order valence-corrected chi connectivity index (χ1v) is 5.07. The molecular formula is C4H7AsO4. The van der Waals surface area contributed by atoms with Crippen LogP contribution in [-0.2, 0) is 12.3 Å². The third-order valence-corrected chi connectivity index (χ3v) is 3.22. The molecular weight excluding hydrogens is 187 g/mol. The van der Waals surface area contributed by atoms with Crippen molar-refractivity contribution in [2.24, 2.45) is 0 Å². The molecule has 52 valence electrons. The first-order chi connectivity index (χ1) is 4.09. The normalized spacial score (nSPS) is 12.6. The van der Waals surface area contributed by atoms with E-state index in [1.165, 1.54) is 6.92 Å². The van der Waals surface area contributed by atoms with Crippen LogP contribution in [-0.4, -0.2) is 25.6 Å². The fraction of sp³-hybridized carbons (Fsp3) is 0.750. The van der Waals surface area contributed by atoms with Gasteiger partial charge in [0.1, 0.15) is 0 Å². The fourth-order valence-corrected chi connectivity index (χ4v) is 1.42.